The van der Waals surface area contributed by atoms with Gasteiger partial charge in [-0.25, -0.2) is 0 Å². The van der Waals surface area contributed by atoms with Crippen molar-refractivity contribution >= 4 is 22.1 Å². The molecule has 0 amide bonds. The van der Waals surface area contributed by atoms with Crippen molar-refractivity contribution in [1.82, 2.24) is 0 Å². The van der Waals surface area contributed by atoms with E-state index in [-0.39, 0.29) is 32.1 Å². The topological polar surface area (TPSA) is 179 Å². The van der Waals surface area contributed by atoms with Crippen molar-refractivity contribution in [3.8, 4) is 12.1 Å². The van der Waals surface area contributed by atoms with E-state index in [1.807, 2.05) is 12.1 Å². The quantitative estimate of drug-likeness (QED) is 0.242. The minimum absolute atomic E-state index is 0.0197. The fourth-order valence-corrected chi connectivity index (χ4v) is 2.34. The highest BCUT2D eigenvalue weighted by Crippen LogP contribution is 2.29. The number of nitriles is 2. The van der Waals surface area contributed by atoms with Crippen LogP contribution in [-0.4, -0.2) is 55.0 Å². The summed E-state index contributed by atoms with van der Waals surface area (Å²) in [7, 11) is -4.57. The van der Waals surface area contributed by atoms with E-state index in [9.17, 15) is 37.3 Å². The van der Waals surface area contributed by atoms with Crippen LogP contribution < -0.4 is 0 Å². The lowest BCUT2D eigenvalue weighted by atomic mass is 9.92. The molecule has 0 fully saturated rings. The molecule has 0 saturated heterocycles. The van der Waals surface area contributed by atoms with Gasteiger partial charge in [0.25, 0.3) is 0 Å². The summed E-state index contributed by atoms with van der Waals surface area (Å²) in [5.74, 6) is -1.81. The predicted molar refractivity (Wildman–Crippen MR) is 100 cm³/mol. The van der Waals surface area contributed by atoms with Gasteiger partial charge in [0, 0.05) is 12.8 Å². The molecule has 2 atom stereocenters. The SMILES string of the molecule is CCC(C#N)(CCC(=O)OC)N=NC(C#N)(CC)CCC(=O)OCC(F)(F)S(=O)(=O)O. The molecule has 11 nitrogen and oxygen atoms in total. The van der Waals surface area contributed by atoms with Crippen LogP contribution in [0.3, 0.4) is 0 Å². The van der Waals surface area contributed by atoms with Gasteiger partial charge < -0.3 is 9.47 Å². The molecule has 0 radical (unpaired) electrons. The highest BCUT2D eigenvalue weighted by Gasteiger charge is 2.45. The Bertz CT molecular complexity index is 867. The van der Waals surface area contributed by atoms with Gasteiger partial charge in [0.1, 0.15) is 0 Å². The zero-order valence-corrected chi connectivity index (χ0v) is 18.1. The monoisotopic (exact) mass is 466 g/mol. The lowest BCUT2D eigenvalue weighted by molar-refractivity contribution is -0.150. The van der Waals surface area contributed by atoms with Crippen LogP contribution in [0, 0.1) is 22.7 Å². The van der Waals surface area contributed by atoms with E-state index in [1.165, 1.54) is 7.11 Å². The Hall–Kier alpha value is -2.71. The first-order chi connectivity index (χ1) is 14.3. The summed E-state index contributed by atoms with van der Waals surface area (Å²) in [6, 6.07) is 3.81. The molecule has 0 rings (SSSR count). The summed E-state index contributed by atoms with van der Waals surface area (Å²) in [5.41, 5.74) is -3.00. The summed E-state index contributed by atoms with van der Waals surface area (Å²) in [4.78, 5) is 23.1. The molecule has 1 N–H and O–H groups in total. The van der Waals surface area contributed by atoms with Crippen molar-refractivity contribution in [3.05, 3.63) is 0 Å². The maximum Gasteiger partial charge on any atom is 0.402 e. The summed E-state index contributed by atoms with van der Waals surface area (Å²) in [6.45, 7) is 1.29. The first kappa shape index (κ1) is 28.3. The maximum absolute atomic E-state index is 13.1. The number of azo groups is 1. The molecule has 0 aliphatic rings. The highest BCUT2D eigenvalue weighted by atomic mass is 32.2. The lowest BCUT2D eigenvalue weighted by Gasteiger charge is -2.23. The van der Waals surface area contributed by atoms with Gasteiger partial charge >= 0.3 is 27.3 Å². The Morgan fingerprint density at radius 2 is 1.42 bits per heavy atom. The molecular formula is C17H24F2N4O7S. The third-order valence-electron chi connectivity index (χ3n) is 4.51. The molecule has 0 bridgehead atoms. The minimum atomic E-state index is -5.76. The van der Waals surface area contributed by atoms with Crippen LogP contribution in [0.4, 0.5) is 8.78 Å². The number of rotatable bonds is 13. The van der Waals surface area contributed by atoms with E-state index < -0.39 is 51.4 Å². The number of ether oxygens (including phenoxy) is 2. The van der Waals surface area contributed by atoms with Crippen LogP contribution in [0.2, 0.25) is 0 Å². The second-order valence-corrected chi connectivity index (χ2v) is 8.09. The number of methoxy groups -OCH3 is 1. The number of hydrogen-bond acceptors (Lipinski definition) is 10. The molecule has 0 aromatic heterocycles. The molecule has 14 heteroatoms. The summed E-state index contributed by atoms with van der Waals surface area (Å²) in [5, 5.41) is 22.2. The van der Waals surface area contributed by atoms with Crippen molar-refractivity contribution in [2.45, 2.75) is 68.7 Å². The molecule has 0 heterocycles. The average Bonchev–Trinajstić information content (AvgIpc) is 2.74. The highest BCUT2D eigenvalue weighted by molar-refractivity contribution is 7.86. The minimum Gasteiger partial charge on any atom is -0.469 e. The number of esters is 2. The Morgan fingerprint density at radius 1 is 1.00 bits per heavy atom. The third kappa shape index (κ3) is 8.51. The van der Waals surface area contributed by atoms with Crippen LogP contribution in [0.5, 0.6) is 0 Å². The number of halogens is 2. The molecule has 2 unspecified atom stereocenters. The molecule has 0 aliphatic heterocycles. The fraction of sp³-hybridized carbons (Fsp3) is 0.765. The summed E-state index contributed by atoms with van der Waals surface area (Å²) >= 11 is 0. The normalized spacial score (nSPS) is 15.9. The van der Waals surface area contributed by atoms with Gasteiger partial charge in [-0.3, -0.25) is 14.1 Å². The maximum atomic E-state index is 13.1. The van der Waals surface area contributed by atoms with Crippen molar-refractivity contribution in [2.75, 3.05) is 13.7 Å². The van der Waals surface area contributed by atoms with Gasteiger partial charge in [0.2, 0.25) is 0 Å². The number of alkyl halides is 2. The van der Waals surface area contributed by atoms with Gasteiger partial charge in [-0.2, -0.15) is 38.0 Å². The van der Waals surface area contributed by atoms with Crippen molar-refractivity contribution in [3.63, 3.8) is 0 Å². The lowest BCUT2D eigenvalue weighted by Crippen LogP contribution is -2.35. The number of nitrogens with zero attached hydrogens (tertiary/aromatic N) is 4. The fourth-order valence-electron chi connectivity index (χ4n) is 2.13. The first-order valence-electron chi connectivity index (χ1n) is 9.09. The summed E-state index contributed by atoms with van der Waals surface area (Å²) in [6.07, 6.45) is -0.825. The van der Waals surface area contributed by atoms with Gasteiger partial charge in [-0.15, -0.1) is 0 Å². The Kier molecular flexibility index (Phi) is 10.6. The van der Waals surface area contributed by atoms with E-state index >= 15 is 0 Å². The second-order valence-electron chi connectivity index (χ2n) is 6.54. The first-order valence-corrected chi connectivity index (χ1v) is 10.5. The van der Waals surface area contributed by atoms with E-state index in [4.69, 9.17) is 4.55 Å². The van der Waals surface area contributed by atoms with Crippen molar-refractivity contribution < 1.29 is 40.8 Å². The smallest absolute Gasteiger partial charge is 0.402 e. The molecule has 0 saturated carbocycles. The molecule has 0 aliphatic carbocycles. The van der Waals surface area contributed by atoms with Gasteiger partial charge in [-0.1, -0.05) is 13.8 Å². The van der Waals surface area contributed by atoms with Crippen LogP contribution in [0.25, 0.3) is 0 Å². The zero-order valence-electron chi connectivity index (χ0n) is 17.3. The van der Waals surface area contributed by atoms with Gasteiger partial charge in [0.15, 0.2) is 17.7 Å². The van der Waals surface area contributed by atoms with Crippen LogP contribution in [0.15, 0.2) is 10.2 Å². The van der Waals surface area contributed by atoms with Crippen molar-refractivity contribution in [2.24, 2.45) is 10.2 Å². The molecule has 31 heavy (non-hydrogen) atoms. The second kappa shape index (κ2) is 11.6. The Labute approximate surface area is 178 Å². The summed E-state index contributed by atoms with van der Waals surface area (Å²) < 4.78 is 64.3. The molecule has 0 spiro atoms. The van der Waals surface area contributed by atoms with E-state index in [2.05, 4.69) is 19.7 Å². The molecule has 174 valence electrons. The third-order valence-corrected chi connectivity index (χ3v) is 5.38. The van der Waals surface area contributed by atoms with Gasteiger partial charge in [0.05, 0.1) is 19.2 Å². The predicted octanol–water partition coefficient (Wildman–Crippen LogP) is 2.54. The van der Waals surface area contributed by atoms with Crippen LogP contribution in [0.1, 0.15) is 52.4 Å². The van der Waals surface area contributed by atoms with Crippen LogP contribution in [-0.2, 0) is 29.2 Å². The number of carbonyl (C=O) groups is 2. The Morgan fingerprint density at radius 3 is 1.74 bits per heavy atom. The molecular weight excluding hydrogens is 442 g/mol. The standard InChI is InChI=1S/C17H24F2N4O7S/c1-4-15(10-20,8-6-13(24)29-3)22-23-16(5-2,11-21)9-7-14(25)30-12-17(18,19)31(26,27)28/h4-9,12H2,1-3H3,(H,26,27,28). The van der Waals surface area contributed by atoms with Crippen molar-refractivity contribution in [1.29, 1.82) is 10.5 Å². The van der Waals surface area contributed by atoms with E-state index in [0.29, 0.717) is 0 Å². The zero-order chi connectivity index (χ0) is 24.3. The number of carbonyl (C=O) groups excluding carboxylic acids is 2. The van der Waals surface area contributed by atoms with Crippen LogP contribution >= 0.6 is 0 Å². The van der Waals surface area contributed by atoms with Gasteiger partial charge in [-0.05, 0) is 25.7 Å². The number of hydrogen-bond donors (Lipinski definition) is 1. The molecule has 0 aromatic carbocycles. The average molecular weight is 466 g/mol. The largest absolute Gasteiger partial charge is 0.469 e. The van der Waals surface area contributed by atoms with E-state index in [1.54, 1.807) is 13.8 Å². The van der Waals surface area contributed by atoms with E-state index in [0.717, 1.165) is 0 Å². The molecule has 0 aromatic rings. The Balaban J connectivity index is 5.30.